The molecule has 0 atom stereocenters. The molecule has 4 rings (SSSR count). The highest BCUT2D eigenvalue weighted by Gasteiger charge is 2.30. The molecule has 0 aromatic heterocycles. The predicted molar refractivity (Wildman–Crippen MR) is 111 cm³/mol. The van der Waals surface area contributed by atoms with Gasteiger partial charge in [-0.3, -0.25) is 4.90 Å². The van der Waals surface area contributed by atoms with Gasteiger partial charge in [-0.25, -0.2) is 4.79 Å². The van der Waals surface area contributed by atoms with Crippen molar-refractivity contribution in [2.24, 2.45) is 0 Å². The van der Waals surface area contributed by atoms with Gasteiger partial charge in [0, 0.05) is 18.0 Å². The first kappa shape index (κ1) is 18.1. The van der Waals surface area contributed by atoms with Crippen molar-refractivity contribution in [3.05, 3.63) is 83.9 Å². The molecule has 0 unspecified atom stereocenters. The van der Waals surface area contributed by atoms with E-state index in [0.717, 1.165) is 0 Å². The molecule has 0 saturated carbocycles. The smallest absolute Gasteiger partial charge is 0.414 e. The second-order valence-corrected chi connectivity index (χ2v) is 7.29. The summed E-state index contributed by atoms with van der Waals surface area (Å²) in [5.74, 6) is 0.143. The Morgan fingerprint density at radius 3 is 2.14 bits per heavy atom. The van der Waals surface area contributed by atoms with E-state index in [0.29, 0.717) is 5.69 Å². The monoisotopic (exact) mass is 373 g/mol. The Labute approximate surface area is 165 Å². The molecule has 0 saturated heterocycles. The quantitative estimate of drug-likeness (QED) is 0.652. The van der Waals surface area contributed by atoms with Gasteiger partial charge in [-0.1, -0.05) is 54.6 Å². The topological polar surface area (TPSA) is 49.8 Å². The molecule has 0 aliphatic heterocycles. The SMILES string of the molecule is CC(C)N(C(=O)OCC1c2ccccc2-c2ccccc21)c1cccc(O)c1. The zero-order chi connectivity index (χ0) is 19.7. The molecule has 0 spiro atoms. The van der Waals surface area contributed by atoms with Crippen LogP contribution in [0.4, 0.5) is 10.5 Å². The maximum absolute atomic E-state index is 12.9. The second kappa shape index (κ2) is 7.39. The number of carbonyl (C=O) groups is 1. The summed E-state index contributed by atoms with van der Waals surface area (Å²) >= 11 is 0. The zero-order valence-corrected chi connectivity index (χ0v) is 16.0. The van der Waals surface area contributed by atoms with Crippen molar-refractivity contribution < 1.29 is 14.6 Å². The molecule has 3 aromatic carbocycles. The van der Waals surface area contributed by atoms with Gasteiger partial charge < -0.3 is 9.84 Å². The van der Waals surface area contributed by atoms with Crippen LogP contribution in [0.3, 0.4) is 0 Å². The van der Waals surface area contributed by atoms with Crippen LogP contribution in [0.5, 0.6) is 5.75 Å². The van der Waals surface area contributed by atoms with Gasteiger partial charge in [0.1, 0.15) is 12.4 Å². The number of ether oxygens (including phenoxy) is 1. The average Bonchev–Trinajstić information content (AvgIpc) is 3.00. The molecule has 3 aromatic rings. The highest BCUT2D eigenvalue weighted by Crippen LogP contribution is 2.44. The molecule has 142 valence electrons. The molecule has 0 radical (unpaired) electrons. The lowest BCUT2D eigenvalue weighted by Gasteiger charge is -2.27. The van der Waals surface area contributed by atoms with Crippen molar-refractivity contribution in [2.75, 3.05) is 11.5 Å². The van der Waals surface area contributed by atoms with E-state index in [4.69, 9.17) is 4.74 Å². The number of phenolic OH excluding ortho intramolecular Hbond substituents is 1. The third-order valence-corrected chi connectivity index (χ3v) is 5.16. The summed E-state index contributed by atoms with van der Waals surface area (Å²) in [7, 11) is 0. The Morgan fingerprint density at radius 1 is 0.964 bits per heavy atom. The van der Waals surface area contributed by atoms with Crippen molar-refractivity contribution in [2.45, 2.75) is 25.8 Å². The van der Waals surface area contributed by atoms with Gasteiger partial charge in [0.15, 0.2) is 0 Å². The van der Waals surface area contributed by atoms with Gasteiger partial charge in [0.25, 0.3) is 0 Å². The van der Waals surface area contributed by atoms with Crippen molar-refractivity contribution in [1.82, 2.24) is 0 Å². The molecule has 1 aliphatic rings. The third-order valence-electron chi connectivity index (χ3n) is 5.16. The number of hydrogen-bond donors (Lipinski definition) is 1. The number of hydrogen-bond acceptors (Lipinski definition) is 3. The molecule has 1 aliphatic carbocycles. The van der Waals surface area contributed by atoms with Gasteiger partial charge >= 0.3 is 6.09 Å². The molecule has 4 nitrogen and oxygen atoms in total. The van der Waals surface area contributed by atoms with Crippen LogP contribution >= 0.6 is 0 Å². The number of carbonyl (C=O) groups excluding carboxylic acids is 1. The van der Waals surface area contributed by atoms with Gasteiger partial charge in [0.05, 0.1) is 5.69 Å². The van der Waals surface area contributed by atoms with E-state index >= 15 is 0 Å². The number of phenols is 1. The first-order valence-corrected chi connectivity index (χ1v) is 9.49. The number of rotatable bonds is 4. The van der Waals surface area contributed by atoms with Crippen LogP contribution in [-0.2, 0) is 4.74 Å². The van der Waals surface area contributed by atoms with Crippen LogP contribution in [-0.4, -0.2) is 23.8 Å². The fraction of sp³-hybridized carbons (Fsp3) is 0.208. The molecular weight excluding hydrogens is 350 g/mol. The minimum Gasteiger partial charge on any atom is -0.508 e. The molecule has 0 bridgehead atoms. The lowest BCUT2D eigenvalue weighted by Crippen LogP contribution is -2.38. The Morgan fingerprint density at radius 2 is 1.57 bits per heavy atom. The molecule has 4 heteroatoms. The number of anilines is 1. The fourth-order valence-electron chi connectivity index (χ4n) is 3.92. The predicted octanol–water partition coefficient (Wildman–Crippen LogP) is 5.56. The number of aromatic hydroxyl groups is 1. The molecule has 0 heterocycles. The lowest BCUT2D eigenvalue weighted by atomic mass is 9.98. The van der Waals surface area contributed by atoms with Crippen molar-refractivity contribution in [3.63, 3.8) is 0 Å². The number of benzene rings is 3. The minimum absolute atomic E-state index is 0.0227. The van der Waals surface area contributed by atoms with Crippen LogP contribution in [0.15, 0.2) is 72.8 Å². The standard InChI is InChI=1S/C24H23NO3/c1-16(2)25(17-8-7-9-18(26)14-17)24(27)28-15-23-21-12-5-3-10-19(21)20-11-4-6-13-22(20)23/h3-14,16,23,26H,15H2,1-2H3. The number of amides is 1. The third kappa shape index (κ3) is 3.22. The largest absolute Gasteiger partial charge is 0.508 e. The van der Waals surface area contributed by atoms with Gasteiger partial charge in [0.2, 0.25) is 0 Å². The highest BCUT2D eigenvalue weighted by atomic mass is 16.6. The fourth-order valence-corrected chi connectivity index (χ4v) is 3.92. The van der Waals surface area contributed by atoms with Crippen LogP contribution in [0, 0.1) is 0 Å². The van der Waals surface area contributed by atoms with E-state index in [2.05, 4.69) is 24.3 Å². The Balaban J connectivity index is 1.58. The number of fused-ring (bicyclic) bond motifs is 3. The highest BCUT2D eigenvalue weighted by molar-refractivity contribution is 5.88. The van der Waals surface area contributed by atoms with Crippen molar-refractivity contribution in [1.29, 1.82) is 0 Å². The van der Waals surface area contributed by atoms with Crippen LogP contribution < -0.4 is 4.90 Å². The number of nitrogens with zero attached hydrogens (tertiary/aromatic N) is 1. The first-order chi connectivity index (χ1) is 13.6. The average molecular weight is 373 g/mol. The summed E-state index contributed by atoms with van der Waals surface area (Å²) < 4.78 is 5.76. The first-order valence-electron chi connectivity index (χ1n) is 9.49. The molecule has 1 amide bonds. The summed E-state index contributed by atoms with van der Waals surface area (Å²) in [4.78, 5) is 14.5. The van der Waals surface area contributed by atoms with Crippen molar-refractivity contribution >= 4 is 11.8 Å². The summed E-state index contributed by atoms with van der Waals surface area (Å²) in [5, 5.41) is 9.77. The van der Waals surface area contributed by atoms with E-state index in [1.807, 2.05) is 38.1 Å². The van der Waals surface area contributed by atoms with Gasteiger partial charge in [-0.05, 0) is 48.2 Å². The Hall–Kier alpha value is -3.27. The molecule has 28 heavy (non-hydrogen) atoms. The van der Waals surface area contributed by atoms with E-state index in [1.165, 1.54) is 22.3 Å². The Bertz CT molecular complexity index is 966. The van der Waals surface area contributed by atoms with Gasteiger partial charge in [-0.2, -0.15) is 0 Å². The summed E-state index contributed by atoms with van der Waals surface area (Å²) in [6.45, 7) is 4.12. The molecule has 1 N–H and O–H groups in total. The van der Waals surface area contributed by atoms with E-state index in [-0.39, 0.29) is 24.3 Å². The molecule has 0 fully saturated rings. The van der Waals surface area contributed by atoms with Crippen LogP contribution in [0.25, 0.3) is 11.1 Å². The second-order valence-electron chi connectivity index (χ2n) is 7.29. The lowest BCUT2D eigenvalue weighted by molar-refractivity contribution is 0.148. The zero-order valence-electron chi connectivity index (χ0n) is 16.0. The maximum Gasteiger partial charge on any atom is 0.414 e. The van der Waals surface area contributed by atoms with Crippen LogP contribution in [0.1, 0.15) is 30.9 Å². The van der Waals surface area contributed by atoms with E-state index in [9.17, 15) is 9.90 Å². The normalized spacial score (nSPS) is 12.5. The maximum atomic E-state index is 12.9. The van der Waals surface area contributed by atoms with Crippen LogP contribution in [0.2, 0.25) is 0 Å². The van der Waals surface area contributed by atoms with E-state index < -0.39 is 6.09 Å². The summed E-state index contributed by atoms with van der Waals surface area (Å²) in [6, 6.07) is 23.1. The Kier molecular flexibility index (Phi) is 4.78. The summed E-state index contributed by atoms with van der Waals surface area (Å²) in [5.41, 5.74) is 5.39. The minimum atomic E-state index is -0.414. The molecular formula is C24H23NO3. The van der Waals surface area contributed by atoms with Crippen molar-refractivity contribution in [3.8, 4) is 16.9 Å². The summed E-state index contributed by atoms with van der Waals surface area (Å²) in [6.07, 6.45) is -0.414. The van der Waals surface area contributed by atoms with Gasteiger partial charge in [-0.15, -0.1) is 0 Å². The van der Waals surface area contributed by atoms with E-state index in [1.54, 1.807) is 29.2 Å².